The van der Waals surface area contributed by atoms with Crippen LogP contribution in [-0.4, -0.2) is 12.8 Å². The van der Waals surface area contributed by atoms with Crippen LogP contribution in [0.25, 0.3) is 6.08 Å². The molecule has 10 aliphatic carbocycles. The highest BCUT2D eigenvalue weighted by Crippen LogP contribution is 2.61. The normalized spacial score (nSPS) is 30.8. The van der Waals surface area contributed by atoms with Gasteiger partial charge in [-0.05, 0) is 228 Å². The van der Waals surface area contributed by atoms with E-state index in [0.29, 0.717) is 35.5 Å². The minimum atomic E-state index is 0.0126. The molecule has 3 heterocycles. The van der Waals surface area contributed by atoms with Crippen molar-refractivity contribution >= 4 is 46.7 Å². The predicted molar refractivity (Wildman–Crippen MR) is 344 cm³/mol. The molecule has 0 radical (unpaired) electrons. The zero-order valence-corrected chi connectivity index (χ0v) is 51.9. The molecule has 0 amide bonds. The van der Waals surface area contributed by atoms with Gasteiger partial charge in [0.15, 0.2) is 0 Å². The van der Waals surface area contributed by atoms with Crippen LogP contribution in [0.1, 0.15) is 191 Å². The van der Waals surface area contributed by atoms with E-state index in [4.69, 9.17) is 4.42 Å². The third-order valence-electron chi connectivity index (χ3n) is 23.4. The molecule has 3 fully saturated rings. The van der Waals surface area contributed by atoms with Gasteiger partial charge in [0.05, 0.1) is 6.04 Å². The van der Waals surface area contributed by atoms with Crippen LogP contribution in [-0.2, 0) is 6.42 Å². The van der Waals surface area contributed by atoms with Crippen molar-refractivity contribution in [1.82, 2.24) is 0 Å². The van der Waals surface area contributed by atoms with Crippen molar-refractivity contribution in [1.29, 1.82) is 0 Å². The average Bonchev–Trinajstić information content (AvgIpc) is 4.02. The molecule has 12 aliphatic rings. The van der Waals surface area contributed by atoms with Gasteiger partial charge in [-0.2, -0.15) is 0 Å². The molecule has 5 heteroatoms. The number of hydrogen-bond donors (Lipinski definition) is 0. The maximum atomic E-state index is 7.89. The summed E-state index contributed by atoms with van der Waals surface area (Å²) < 4.78 is 7.89. The smallest absolute Gasteiger partial charge is 0.256 e. The number of fused-ring (bicyclic) bond motifs is 8. The lowest BCUT2D eigenvalue weighted by Gasteiger charge is -2.53. The maximum absolute atomic E-state index is 7.89. The number of rotatable bonds is 6. The van der Waals surface area contributed by atoms with E-state index < -0.39 is 0 Å². The fourth-order valence-electron chi connectivity index (χ4n) is 18.0. The van der Waals surface area contributed by atoms with Crippen LogP contribution in [0.2, 0.25) is 0 Å². The van der Waals surface area contributed by atoms with Crippen molar-refractivity contribution in [3.05, 3.63) is 171 Å². The lowest BCUT2D eigenvalue weighted by atomic mass is 9.32. The van der Waals surface area contributed by atoms with Gasteiger partial charge in [-0.25, -0.2) is 0 Å². The minimum absolute atomic E-state index is 0.0126. The number of anilines is 4. The van der Waals surface area contributed by atoms with E-state index in [1.54, 1.807) is 22.3 Å². The maximum Gasteiger partial charge on any atom is 0.256 e. The van der Waals surface area contributed by atoms with Crippen LogP contribution >= 0.6 is 0 Å². The van der Waals surface area contributed by atoms with E-state index in [1.165, 1.54) is 106 Å². The van der Waals surface area contributed by atoms with Crippen molar-refractivity contribution in [2.45, 2.75) is 192 Å². The summed E-state index contributed by atoms with van der Waals surface area (Å²) in [5, 5.41) is 0. The monoisotopic (exact) mass is 1080 g/mol. The zero-order chi connectivity index (χ0) is 56.3. The third-order valence-corrected chi connectivity index (χ3v) is 23.4. The molecule has 7 unspecified atom stereocenters. The Bertz CT molecular complexity index is 3430. The summed E-state index contributed by atoms with van der Waals surface area (Å²) in [7, 11) is 0. The SMILES string of the molecule is CC1CCC(C)C2Cc3c(oc4c3B3C5=C(CCC(C(C)(C)C)=C5)N(C5=C(C6=CC=CCC6)CC6C(=C5)C(C)(C)CCC6(C)C)c5cc(N(C6=CCCC=C6)C6C=CC=CC6)cc(c53)N4C3=CC4C(C=C3)C(C)(C)CCC4(C)C)C=C12. The molecule has 0 saturated heterocycles. The van der Waals surface area contributed by atoms with Crippen LogP contribution in [0.4, 0.5) is 22.9 Å². The number of benzene rings is 1. The molecule has 4 nitrogen and oxygen atoms in total. The molecule has 2 aliphatic heterocycles. The van der Waals surface area contributed by atoms with E-state index in [0.717, 1.165) is 69.4 Å². The van der Waals surface area contributed by atoms with Gasteiger partial charge in [0.25, 0.3) is 6.71 Å². The number of furan rings is 1. The Kier molecular flexibility index (Phi) is 12.6. The molecule has 7 atom stereocenters. The highest BCUT2D eigenvalue weighted by Gasteiger charge is 2.54. The molecule has 1 aromatic carbocycles. The average molecular weight is 1080 g/mol. The van der Waals surface area contributed by atoms with E-state index >= 15 is 0 Å². The van der Waals surface area contributed by atoms with Gasteiger partial charge in [0.2, 0.25) is 5.88 Å². The van der Waals surface area contributed by atoms with Crippen LogP contribution in [0.15, 0.2) is 164 Å². The minimum Gasteiger partial charge on any atom is -0.441 e. The van der Waals surface area contributed by atoms with Gasteiger partial charge in [0.1, 0.15) is 5.76 Å². The van der Waals surface area contributed by atoms with Gasteiger partial charge < -0.3 is 14.2 Å². The van der Waals surface area contributed by atoms with Gasteiger partial charge >= 0.3 is 0 Å². The van der Waals surface area contributed by atoms with E-state index in [1.807, 2.05) is 0 Å². The largest absolute Gasteiger partial charge is 0.441 e. The quantitative estimate of drug-likeness (QED) is 0.269. The first-order chi connectivity index (χ1) is 38.6. The molecule has 81 heavy (non-hydrogen) atoms. The van der Waals surface area contributed by atoms with E-state index in [9.17, 15) is 0 Å². The Hall–Kier alpha value is -5.42. The van der Waals surface area contributed by atoms with Crippen molar-refractivity contribution in [3.8, 4) is 0 Å². The fraction of sp³-hybridized carbons (Fsp3) is 0.526. The lowest BCUT2D eigenvalue weighted by Crippen LogP contribution is -2.58. The molecule has 2 aromatic rings. The molecule has 0 bridgehead atoms. The van der Waals surface area contributed by atoms with Gasteiger partial charge in [-0.1, -0.05) is 180 Å². The molecule has 0 spiro atoms. The Balaban J connectivity index is 1.12. The highest BCUT2D eigenvalue weighted by molar-refractivity contribution is 6.96. The number of nitrogens with zero attached hydrogens (tertiary/aromatic N) is 3. The second-order valence-electron chi connectivity index (χ2n) is 31.2. The highest BCUT2D eigenvalue weighted by atomic mass is 16.4. The predicted octanol–water partition coefficient (Wildman–Crippen LogP) is 19.1. The lowest BCUT2D eigenvalue weighted by molar-refractivity contribution is 0.0326. The summed E-state index contributed by atoms with van der Waals surface area (Å²) in [5.41, 5.74) is 24.0. The summed E-state index contributed by atoms with van der Waals surface area (Å²) in [5.74, 6) is 5.26. The molecular weight excluding hydrogens is 982 g/mol. The molecule has 422 valence electrons. The first-order valence-corrected chi connectivity index (χ1v) is 32.4. The van der Waals surface area contributed by atoms with Crippen LogP contribution in [0.5, 0.6) is 0 Å². The number of allylic oxidation sites excluding steroid dienone is 20. The topological polar surface area (TPSA) is 22.9 Å². The van der Waals surface area contributed by atoms with Crippen LogP contribution in [0.3, 0.4) is 0 Å². The second kappa shape index (κ2) is 19.1. The Morgan fingerprint density at radius 2 is 1.49 bits per heavy atom. The van der Waals surface area contributed by atoms with Gasteiger partial charge in [-0.15, -0.1) is 0 Å². The van der Waals surface area contributed by atoms with Crippen molar-refractivity contribution in [2.24, 2.45) is 62.6 Å². The van der Waals surface area contributed by atoms with Crippen LogP contribution in [0, 0.1) is 62.6 Å². The summed E-state index contributed by atoms with van der Waals surface area (Å²) in [4.78, 5) is 8.37. The summed E-state index contributed by atoms with van der Waals surface area (Å²) in [6.07, 6.45) is 57.0. The van der Waals surface area contributed by atoms with Crippen molar-refractivity contribution < 1.29 is 4.42 Å². The second-order valence-corrected chi connectivity index (χ2v) is 31.2. The fourth-order valence-corrected chi connectivity index (χ4v) is 18.0. The Morgan fingerprint density at radius 1 is 0.716 bits per heavy atom. The first-order valence-electron chi connectivity index (χ1n) is 32.4. The summed E-state index contributed by atoms with van der Waals surface area (Å²) >= 11 is 0. The van der Waals surface area contributed by atoms with Crippen molar-refractivity contribution in [2.75, 3.05) is 14.7 Å². The molecule has 14 rings (SSSR count). The first kappa shape index (κ1) is 53.6. The van der Waals surface area contributed by atoms with Gasteiger partial charge in [0, 0.05) is 39.9 Å². The molecule has 1 aromatic heterocycles. The molecule has 0 N–H and O–H groups in total. The number of hydrogen-bond acceptors (Lipinski definition) is 4. The van der Waals surface area contributed by atoms with Crippen LogP contribution < -0.4 is 25.6 Å². The van der Waals surface area contributed by atoms with E-state index in [-0.39, 0.29) is 39.8 Å². The van der Waals surface area contributed by atoms with E-state index in [2.05, 4.69) is 214 Å². The summed E-state index contributed by atoms with van der Waals surface area (Å²) in [6.45, 7) is 32.9. The zero-order valence-electron chi connectivity index (χ0n) is 51.9. The third kappa shape index (κ3) is 8.61. The summed E-state index contributed by atoms with van der Waals surface area (Å²) in [6, 6.07) is 5.53. The van der Waals surface area contributed by atoms with Crippen molar-refractivity contribution in [3.63, 3.8) is 0 Å². The Morgan fingerprint density at radius 3 is 2.22 bits per heavy atom. The molecular formula is C76H94BN3O. The van der Waals surface area contributed by atoms with Gasteiger partial charge in [-0.3, -0.25) is 4.90 Å². The standard InChI is InChI=1S/C76H94BN3O/c1-47-29-30-48(2)56-45-68-58(43-55(47)56)69-71(81-68)79(53-32-33-59-60(40-53)74(8,9)36-35-73(59,6)7)66-41-54(78(51-25-19-15-20-26-51)52-27-21-16-22-28-52)42-67-70(66)77(69)63-39-50(72(3,4)5)31-34-64(63)80(67)65-46-62-61(75(10,11)37-38-76(62,12)13)44-57(65)49-23-17-14-18-24-49/h14-15,17,19-21,23,25,27-28,32-33,39-42,45-48,51,55,59-61H,16,18,22,24,26,29-31,34-38,43-44H2,1-13H3. The molecule has 3 saturated carbocycles. The Labute approximate surface area is 488 Å².